The van der Waals surface area contributed by atoms with E-state index in [0.29, 0.717) is 24.6 Å². The van der Waals surface area contributed by atoms with Crippen molar-refractivity contribution in [3.8, 4) is 0 Å². The Morgan fingerprint density at radius 3 is 2.80 bits per heavy atom. The van der Waals surface area contributed by atoms with Crippen LogP contribution in [0.2, 0.25) is 0 Å². The third-order valence-electron chi connectivity index (χ3n) is 3.39. The number of H-pyrrole nitrogens is 2. The number of amides is 1. The summed E-state index contributed by atoms with van der Waals surface area (Å²) >= 11 is 0. The Hall–Kier alpha value is -2.44. The molecule has 0 atom stereocenters. The first-order valence-electron chi connectivity index (χ1n) is 6.09. The van der Waals surface area contributed by atoms with Crippen molar-refractivity contribution in [2.24, 2.45) is 0 Å². The van der Waals surface area contributed by atoms with Crippen molar-refractivity contribution in [1.82, 2.24) is 15.1 Å². The second-order valence-electron chi connectivity index (χ2n) is 4.64. The predicted molar refractivity (Wildman–Crippen MR) is 66.2 cm³/mol. The van der Waals surface area contributed by atoms with E-state index in [-0.39, 0.29) is 17.7 Å². The second-order valence-corrected chi connectivity index (χ2v) is 4.64. The summed E-state index contributed by atoms with van der Waals surface area (Å²) in [4.78, 5) is 25.1. The zero-order valence-corrected chi connectivity index (χ0v) is 10.4. The summed E-state index contributed by atoms with van der Waals surface area (Å²) in [7, 11) is 0. The number of rotatable bonds is 1. The fourth-order valence-electron chi connectivity index (χ4n) is 2.32. The maximum Gasteiger partial charge on any atom is 0.269 e. The SMILES string of the molecule is O=C(c1ccc(F)cc1F)N1CCc2[nH][nH]c(=O)c2C1. The molecule has 3 rings (SSSR count). The molecule has 0 unspecified atom stereocenters. The topological polar surface area (TPSA) is 69.0 Å². The van der Waals surface area contributed by atoms with Gasteiger partial charge in [-0.05, 0) is 12.1 Å². The van der Waals surface area contributed by atoms with Crippen molar-refractivity contribution in [1.29, 1.82) is 0 Å². The third-order valence-corrected chi connectivity index (χ3v) is 3.39. The highest BCUT2D eigenvalue weighted by atomic mass is 19.1. The Morgan fingerprint density at radius 1 is 1.25 bits per heavy atom. The highest BCUT2D eigenvalue weighted by Gasteiger charge is 2.26. The van der Waals surface area contributed by atoms with E-state index in [1.807, 2.05) is 0 Å². The first-order valence-corrected chi connectivity index (χ1v) is 6.09. The minimum absolute atomic E-state index is 0.115. The minimum Gasteiger partial charge on any atom is -0.334 e. The summed E-state index contributed by atoms with van der Waals surface area (Å²) in [5, 5.41) is 5.20. The van der Waals surface area contributed by atoms with E-state index < -0.39 is 17.5 Å². The molecule has 1 aliphatic rings. The zero-order chi connectivity index (χ0) is 14.3. The van der Waals surface area contributed by atoms with Crippen LogP contribution in [0.1, 0.15) is 21.6 Å². The molecule has 1 amide bonds. The van der Waals surface area contributed by atoms with Crippen LogP contribution in [-0.2, 0) is 13.0 Å². The lowest BCUT2D eigenvalue weighted by Gasteiger charge is -2.26. The lowest BCUT2D eigenvalue weighted by Crippen LogP contribution is -2.37. The van der Waals surface area contributed by atoms with E-state index in [9.17, 15) is 18.4 Å². The van der Waals surface area contributed by atoms with Gasteiger partial charge in [0.1, 0.15) is 11.6 Å². The molecule has 0 saturated carbocycles. The normalized spacial score (nSPS) is 14.2. The highest BCUT2D eigenvalue weighted by molar-refractivity contribution is 5.94. The van der Waals surface area contributed by atoms with Gasteiger partial charge in [-0.2, -0.15) is 0 Å². The molecule has 0 spiro atoms. The summed E-state index contributed by atoms with van der Waals surface area (Å²) in [6.07, 6.45) is 0.489. The minimum atomic E-state index is -0.899. The van der Waals surface area contributed by atoms with Gasteiger partial charge in [0.05, 0.1) is 17.7 Å². The molecule has 0 radical (unpaired) electrons. The number of aromatic amines is 2. The van der Waals surface area contributed by atoms with E-state index in [1.165, 1.54) is 4.90 Å². The molecular weight excluding hydrogens is 268 g/mol. The summed E-state index contributed by atoms with van der Waals surface area (Å²) < 4.78 is 26.5. The molecular formula is C13H11F2N3O2. The molecule has 1 aliphatic heterocycles. The van der Waals surface area contributed by atoms with Crippen molar-refractivity contribution in [3.63, 3.8) is 0 Å². The number of aromatic nitrogens is 2. The van der Waals surface area contributed by atoms with E-state index in [2.05, 4.69) is 10.2 Å². The molecule has 5 nitrogen and oxygen atoms in total. The molecule has 20 heavy (non-hydrogen) atoms. The van der Waals surface area contributed by atoms with E-state index in [1.54, 1.807) is 0 Å². The standard InChI is InChI=1S/C13H11F2N3O2/c14-7-1-2-8(10(15)5-7)13(20)18-4-3-11-9(6-18)12(19)17-16-11/h1-2,5H,3-4,6H2,(H2,16,17,19). The van der Waals surface area contributed by atoms with Crippen molar-refractivity contribution < 1.29 is 13.6 Å². The summed E-state index contributed by atoms with van der Waals surface area (Å²) in [6.45, 7) is 0.486. The lowest BCUT2D eigenvalue weighted by atomic mass is 10.1. The van der Waals surface area contributed by atoms with Gasteiger partial charge >= 0.3 is 0 Å². The highest BCUT2D eigenvalue weighted by Crippen LogP contribution is 2.18. The van der Waals surface area contributed by atoms with Crippen molar-refractivity contribution in [2.75, 3.05) is 6.54 Å². The maximum atomic E-state index is 13.6. The monoisotopic (exact) mass is 279 g/mol. The predicted octanol–water partition coefficient (Wildman–Crippen LogP) is 1.18. The Morgan fingerprint density at radius 2 is 2.05 bits per heavy atom. The average molecular weight is 279 g/mol. The largest absolute Gasteiger partial charge is 0.334 e. The van der Waals surface area contributed by atoms with Crippen LogP contribution in [0.4, 0.5) is 8.78 Å². The fourth-order valence-corrected chi connectivity index (χ4v) is 2.32. The van der Waals surface area contributed by atoms with Crippen LogP contribution in [-0.4, -0.2) is 27.5 Å². The smallest absolute Gasteiger partial charge is 0.269 e. The van der Waals surface area contributed by atoms with Gasteiger partial charge in [-0.15, -0.1) is 0 Å². The molecule has 2 heterocycles. The molecule has 0 aliphatic carbocycles. The molecule has 7 heteroatoms. The van der Waals surface area contributed by atoms with E-state index >= 15 is 0 Å². The molecule has 1 aromatic carbocycles. The summed E-state index contributed by atoms with van der Waals surface area (Å²) in [5.41, 5.74) is 0.768. The number of carbonyl (C=O) groups is 1. The number of nitrogens with zero attached hydrogens (tertiary/aromatic N) is 1. The maximum absolute atomic E-state index is 13.6. The van der Waals surface area contributed by atoms with Crippen LogP contribution in [0.15, 0.2) is 23.0 Å². The summed E-state index contributed by atoms with van der Waals surface area (Å²) in [5.74, 6) is -2.18. The van der Waals surface area contributed by atoms with Crippen molar-refractivity contribution >= 4 is 5.91 Å². The van der Waals surface area contributed by atoms with Crippen LogP contribution in [0.5, 0.6) is 0 Å². The van der Waals surface area contributed by atoms with Gasteiger partial charge in [-0.25, -0.2) is 8.78 Å². The van der Waals surface area contributed by atoms with E-state index in [0.717, 1.165) is 17.8 Å². The Balaban J connectivity index is 1.89. The number of nitrogens with one attached hydrogen (secondary N) is 2. The number of carbonyl (C=O) groups excluding carboxylic acids is 1. The summed E-state index contributed by atoms with van der Waals surface area (Å²) in [6, 6.07) is 2.82. The molecule has 2 aromatic rings. The average Bonchev–Trinajstić information content (AvgIpc) is 2.79. The number of fused-ring (bicyclic) bond motifs is 1. The Bertz CT molecular complexity index is 735. The van der Waals surface area contributed by atoms with Gasteiger partial charge < -0.3 is 10.00 Å². The lowest BCUT2D eigenvalue weighted by molar-refractivity contribution is 0.0729. The molecule has 0 fully saturated rings. The van der Waals surface area contributed by atoms with Crippen molar-refractivity contribution in [3.05, 3.63) is 57.0 Å². The first-order chi connectivity index (χ1) is 9.56. The van der Waals surface area contributed by atoms with Gasteiger partial charge in [0.2, 0.25) is 0 Å². The third kappa shape index (κ3) is 2.01. The fraction of sp³-hybridized carbons (Fsp3) is 0.231. The Labute approximate surface area is 112 Å². The van der Waals surface area contributed by atoms with Crippen LogP contribution < -0.4 is 5.56 Å². The van der Waals surface area contributed by atoms with Gasteiger partial charge in [0.25, 0.3) is 11.5 Å². The van der Waals surface area contributed by atoms with Crippen LogP contribution in [0.25, 0.3) is 0 Å². The molecule has 104 valence electrons. The van der Waals surface area contributed by atoms with Gasteiger partial charge in [-0.3, -0.25) is 14.7 Å². The van der Waals surface area contributed by atoms with Gasteiger partial charge in [0.15, 0.2) is 0 Å². The first kappa shape index (κ1) is 12.6. The second kappa shape index (κ2) is 4.59. The van der Waals surface area contributed by atoms with Crippen LogP contribution >= 0.6 is 0 Å². The Kier molecular flexibility index (Phi) is 2.89. The van der Waals surface area contributed by atoms with Crippen molar-refractivity contribution in [2.45, 2.75) is 13.0 Å². The number of halogens is 2. The van der Waals surface area contributed by atoms with Crippen LogP contribution in [0, 0.1) is 11.6 Å². The van der Waals surface area contributed by atoms with Gasteiger partial charge in [0, 0.05) is 24.7 Å². The molecule has 1 aromatic heterocycles. The number of benzene rings is 1. The quantitative estimate of drug-likeness (QED) is 0.823. The molecule has 0 saturated heterocycles. The van der Waals surface area contributed by atoms with Gasteiger partial charge in [-0.1, -0.05) is 0 Å². The number of hydrogen-bond acceptors (Lipinski definition) is 2. The molecule has 0 bridgehead atoms. The number of hydrogen-bond donors (Lipinski definition) is 2. The zero-order valence-electron chi connectivity index (χ0n) is 10.4. The van der Waals surface area contributed by atoms with Crippen LogP contribution in [0.3, 0.4) is 0 Å². The van der Waals surface area contributed by atoms with E-state index in [4.69, 9.17) is 0 Å². The molecule has 2 N–H and O–H groups in total.